The van der Waals surface area contributed by atoms with Crippen molar-refractivity contribution in [2.75, 3.05) is 18.4 Å². The van der Waals surface area contributed by atoms with Gasteiger partial charge in [-0.2, -0.15) is 4.98 Å². The molecule has 32 heavy (non-hydrogen) atoms. The average molecular weight is 476 g/mol. The largest absolute Gasteiger partial charge is 0.338 e. The molecule has 0 radical (unpaired) electrons. The lowest BCUT2D eigenvalue weighted by Crippen LogP contribution is -2.37. The van der Waals surface area contributed by atoms with Gasteiger partial charge in [0.05, 0.1) is 22.2 Å². The minimum atomic E-state index is -0.528. The molecule has 11 heteroatoms. The van der Waals surface area contributed by atoms with Gasteiger partial charge in [-0.3, -0.25) is 19.8 Å². The zero-order chi connectivity index (χ0) is 22.7. The fourth-order valence-corrected chi connectivity index (χ4v) is 3.92. The Morgan fingerprint density at radius 2 is 2.00 bits per heavy atom. The second kappa shape index (κ2) is 9.64. The maximum absolute atomic E-state index is 12.6. The zero-order valence-corrected chi connectivity index (χ0v) is 18.3. The van der Waals surface area contributed by atoms with E-state index in [4.69, 9.17) is 27.7 Å². The van der Waals surface area contributed by atoms with Crippen LogP contribution >= 0.6 is 23.2 Å². The molecule has 1 N–H and O–H groups in total. The van der Waals surface area contributed by atoms with Crippen LogP contribution in [0.15, 0.2) is 47.0 Å². The van der Waals surface area contributed by atoms with Crippen LogP contribution in [0.25, 0.3) is 11.4 Å². The van der Waals surface area contributed by atoms with Crippen LogP contribution < -0.4 is 5.32 Å². The third-order valence-corrected chi connectivity index (χ3v) is 5.85. The monoisotopic (exact) mass is 475 g/mol. The van der Waals surface area contributed by atoms with Gasteiger partial charge < -0.3 is 9.84 Å². The van der Waals surface area contributed by atoms with Gasteiger partial charge in [-0.15, -0.1) is 0 Å². The van der Waals surface area contributed by atoms with Crippen molar-refractivity contribution in [2.24, 2.45) is 5.92 Å². The molecular weight excluding hydrogens is 457 g/mol. The number of piperidine rings is 1. The summed E-state index contributed by atoms with van der Waals surface area (Å²) in [5.41, 5.74) is 0.895. The Labute approximate surface area is 193 Å². The van der Waals surface area contributed by atoms with Gasteiger partial charge in [-0.25, -0.2) is 0 Å². The van der Waals surface area contributed by atoms with Crippen molar-refractivity contribution in [3.05, 3.63) is 68.5 Å². The lowest BCUT2D eigenvalue weighted by Gasteiger charge is -2.30. The number of nitro benzene ring substituents is 1. The molecule has 0 bridgehead atoms. The number of hydrogen-bond donors (Lipinski definition) is 1. The fraction of sp³-hybridized carbons (Fsp3) is 0.286. The molecule has 0 unspecified atom stereocenters. The number of aromatic nitrogens is 2. The van der Waals surface area contributed by atoms with Crippen LogP contribution in [-0.4, -0.2) is 39.0 Å². The molecule has 0 atom stereocenters. The number of non-ortho nitro benzene ring substituents is 1. The van der Waals surface area contributed by atoms with Gasteiger partial charge >= 0.3 is 0 Å². The highest BCUT2D eigenvalue weighted by atomic mass is 35.5. The number of hydrogen-bond acceptors (Lipinski definition) is 7. The summed E-state index contributed by atoms with van der Waals surface area (Å²) in [6, 6.07) is 11.2. The second-order valence-electron chi connectivity index (χ2n) is 7.48. The van der Waals surface area contributed by atoms with E-state index in [9.17, 15) is 14.9 Å². The molecule has 4 rings (SSSR count). The number of benzene rings is 2. The van der Waals surface area contributed by atoms with Crippen molar-refractivity contribution >= 4 is 40.5 Å². The van der Waals surface area contributed by atoms with Gasteiger partial charge in [0.1, 0.15) is 0 Å². The predicted octanol–water partition coefficient (Wildman–Crippen LogP) is 4.80. The molecule has 1 aromatic heterocycles. The Kier molecular flexibility index (Phi) is 6.69. The zero-order valence-electron chi connectivity index (χ0n) is 16.8. The van der Waals surface area contributed by atoms with E-state index in [0.29, 0.717) is 49.2 Å². The Bertz CT molecular complexity index is 1140. The predicted molar refractivity (Wildman–Crippen MR) is 119 cm³/mol. The highest BCUT2D eigenvalue weighted by molar-refractivity contribution is 6.33. The van der Waals surface area contributed by atoms with Crippen molar-refractivity contribution in [3.8, 4) is 11.4 Å². The van der Waals surface area contributed by atoms with E-state index in [0.717, 1.165) is 5.56 Å². The van der Waals surface area contributed by atoms with E-state index < -0.39 is 4.92 Å². The van der Waals surface area contributed by atoms with Gasteiger partial charge in [0.25, 0.3) is 5.69 Å². The molecule has 166 valence electrons. The number of amides is 1. The van der Waals surface area contributed by atoms with Crippen molar-refractivity contribution in [1.82, 2.24) is 15.0 Å². The van der Waals surface area contributed by atoms with Crippen LogP contribution in [-0.2, 0) is 11.3 Å². The Morgan fingerprint density at radius 1 is 1.22 bits per heavy atom. The fourth-order valence-electron chi connectivity index (χ4n) is 3.57. The molecule has 1 aliphatic heterocycles. The van der Waals surface area contributed by atoms with Gasteiger partial charge in [-0.05, 0) is 44.1 Å². The highest BCUT2D eigenvalue weighted by Gasteiger charge is 2.27. The van der Waals surface area contributed by atoms with Gasteiger partial charge in [0, 0.05) is 28.6 Å². The van der Waals surface area contributed by atoms with E-state index in [1.54, 1.807) is 12.1 Å². The topological polar surface area (TPSA) is 114 Å². The number of anilines is 1. The molecule has 2 heterocycles. The van der Waals surface area contributed by atoms with Crippen molar-refractivity contribution in [3.63, 3.8) is 0 Å². The van der Waals surface area contributed by atoms with Crippen LogP contribution in [0.4, 0.5) is 11.4 Å². The summed E-state index contributed by atoms with van der Waals surface area (Å²) in [6.45, 7) is 1.84. The SMILES string of the molecule is O=C(Nc1cc([N+](=O)[O-])ccc1Cl)C1CCN(Cc2nc(-c3cccc(Cl)c3)no2)CC1. The molecular formula is C21H19Cl2N5O4. The smallest absolute Gasteiger partial charge is 0.271 e. The summed E-state index contributed by atoms with van der Waals surface area (Å²) in [4.78, 5) is 29.6. The van der Waals surface area contributed by atoms with Crippen LogP contribution in [0.1, 0.15) is 18.7 Å². The summed E-state index contributed by atoms with van der Waals surface area (Å²) in [5, 5.41) is 18.5. The minimum absolute atomic E-state index is 0.129. The number of rotatable bonds is 6. The lowest BCUT2D eigenvalue weighted by molar-refractivity contribution is -0.384. The third-order valence-electron chi connectivity index (χ3n) is 5.29. The quantitative estimate of drug-likeness (QED) is 0.401. The molecule has 0 aliphatic carbocycles. The molecule has 9 nitrogen and oxygen atoms in total. The first-order valence-electron chi connectivity index (χ1n) is 9.95. The number of carbonyl (C=O) groups excluding carboxylic acids is 1. The number of halogens is 2. The van der Waals surface area contributed by atoms with Crippen molar-refractivity contribution in [2.45, 2.75) is 19.4 Å². The molecule has 0 saturated carbocycles. The molecule has 1 saturated heterocycles. The minimum Gasteiger partial charge on any atom is -0.338 e. The lowest BCUT2D eigenvalue weighted by atomic mass is 9.96. The first-order chi connectivity index (χ1) is 15.4. The first kappa shape index (κ1) is 22.2. The molecule has 1 fully saturated rings. The van der Waals surface area contributed by atoms with E-state index in [1.807, 2.05) is 12.1 Å². The maximum Gasteiger partial charge on any atom is 0.271 e. The number of carbonyl (C=O) groups is 1. The Balaban J connectivity index is 1.31. The molecule has 0 spiro atoms. The van der Waals surface area contributed by atoms with Crippen LogP contribution in [0, 0.1) is 16.0 Å². The third kappa shape index (κ3) is 5.24. The van der Waals surface area contributed by atoms with Crippen LogP contribution in [0.2, 0.25) is 10.0 Å². The number of nitrogens with zero attached hydrogens (tertiary/aromatic N) is 4. The van der Waals surface area contributed by atoms with E-state index >= 15 is 0 Å². The standard InChI is InChI=1S/C21H19Cl2N5O4/c22-15-3-1-2-14(10-15)20-25-19(32-26-20)12-27-8-6-13(7-9-27)21(29)24-18-11-16(28(30)31)4-5-17(18)23/h1-5,10-11,13H,6-9,12H2,(H,24,29). The summed E-state index contributed by atoms with van der Waals surface area (Å²) in [7, 11) is 0. The molecule has 1 amide bonds. The van der Waals surface area contributed by atoms with Gasteiger partial charge in [0.15, 0.2) is 0 Å². The number of likely N-dealkylation sites (tertiary alicyclic amines) is 1. The summed E-state index contributed by atoms with van der Waals surface area (Å²) < 4.78 is 5.36. The van der Waals surface area contributed by atoms with E-state index in [-0.39, 0.29) is 28.2 Å². The first-order valence-corrected chi connectivity index (χ1v) is 10.7. The number of nitro groups is 1. The summed E-state index contributed by atoms with van der Waals surface area (Å²) in [6.07, 6.45) is 1.27. The second-order valence-corrected chi connectivity index (χ2v) is 8.33. The average Bonchev–Trinajstić information content (AvgIpc) is 3.24. The molecule has 2 aromatic carbocycles. The van der Waals surface area contributed by atoms with Crippen molar-refractivity contribution in [1.29, 1.82) is 0 Å². The Morgan fingerprint density at radius 3 is 2.72 bits per heavy atom. The summed E-state index contributed by atoms with van der Waals surface area (Å²) >= 11 is 12.1. The maximum atomic E-state index is 12.6. The van der Waals surface area contributed by atoms with E-state index in [1.165, 1.54) is 18.2 Å². The Hall–Kier alpha value is -3.01. The molecule has 3 aromatic rings. The summed E-state index contributed by atoms with van der Waals surface area (Å²) in [5.74, 6) is 0.552. The molecule has 1 aliphatic rings. The normalized spacial score (nSPS) is 14.9. The van der Waals surface area contributed by atoms with Crippen LogP contribution in [0.3, 0.4) is 0 Å². The van der Waals surface area contributed by atoms with E-state index in [2.05, 4.69) is 20.4 Å². The van der Waals surface area contributed by atoms with Gasteiger partial charge in [-0.1, -0.05) is 40.5 Å². The number of nitrogens with one attached hydrogen (secondary N) is 1. The van der Waals surface area contributed by atoms with Crippen LogP contribution in [0.5, 0.6) is 0 Å². The highest BCUT2D eigenvalue weighted by Crippen LogP contribution is 2.28. The van der Waals surface area contributed by atoms with Crippen molar-refractivity contribution < 1.29 is 14.2 Å². The van der Waals surface area contributed by atoms with Gasteiger partial charge in [0.2, 0.25) is 17.6 Å².